The SMILES string of the molecule is COc1cc(/C=N/NC(=O)c2ccccc2)ccc1OS(=O)(=O)c1ccccc1.Cn1cc(Cl)c(C(=O)N/N=C/c2ccc(OS(=O)(=O)c3ccccc3)cc2)n1.N#Cc1cc([N+](=O)[O-])ccc1Oc1cccc(/C=N/NC(=O)c2cccc(Cl)c2)c1. The van der Waals surface area contributed by atoms with Crippen molar-refractivity contribution in [2.45, 2.75) is 9.79 Å². The van der Waals surface area contributed by atoms with E-state index in [0.717, 1.165) is 6.07 Å². The predicted molar refractivity (Wildman–Crippen MR) is 324 cm³/mol. The number of carbonyl (C=O) groups excluding carboxylic acids is 3. The molecule has 0 spiro atoms. The van der Waals surface area contributed by atoms with Crippen LogP contribution in [0.3, 0.4) is 0 Å². The van der Waals surface area contributed by atoms with E-state index in [2.05, 4.69) is 36.7 Å². The molecule has 9 rings (SSSR count). The first-order valence-corrected chi connectivity index (χ1v) is 28.6. The normalized spacial score (nSPS) is 11.0. The van der Waals surface area contributed by atoms with E-state index in [1.54, 1.807) is 134 Å². The van der Waals surface area contributed by atoms with E-state index >= 15 is 0 Å². The van der Waals surface area contributed by atoms with E-state index in [0.29, 0.717) is 38.6 Å². The van der Waals surface area contributed by atoms with Crippen LogP contribution in [0.15, 0.2) is 231 Å². The van der Waals surface area contributed by atoms with Crippen LogP contribution < -0.4 is 34.1 Å². The molecular formula is C60H46Cl2N10O13S2. The maximum atomic E-state index is 12.4. The number of aromatic nitrogens is 2. The molecule has 0 atom stereocenters. The lowest BCUT2D eigenvalue weighted by atomic mass is 10.2. The Morgan fingerprint density at radius 1 is 0.586 bits per heavy atom. The maximum absolute atomic E-state index is 12.4. The van der Waals surface area contributed by atoms with Crippen LogP contribution in [0.1, 0.15) is 53.5 Å². The van der Waals surface area contributed by atoms with Gasteiger partial charge in [-0.25, -0.2) is 16.3 Å². The third-order valence-corrected chi connectivity index (χ3v) is 14.2. The fourth-order valence-electron chi connectivity index (χ4n) is 7.06. The first-order chi connectivity index (χ1) is 41.8. The number of hydrogen-bond donors (Lipinski definition) is 3. The third kappa shape index (κ3) is 19.0. The Morgan fingerprint density at radius 3 is 1.69 bits per heavy atom. The maximum Gasteiger partial charge on any atom is 0.339 e. The number of amides is 3. The van der Waals surface area contributed by atoms with Crippen LogP contribution in [0.4, 0.5) is 5.69 Å². The Morgan fingerprint density at radius 2 is 1.11 bits per heavy atom. The highest BCUT2D eigenvalue weighted by Crippen LogP contribution is 2.31. The molecule has 3 N–H and O–H groups in total. The van der Waals surface area contributed by atoms with Gasteiger partial charge in [0.2, 0.25) is 0 Å². The van der Waals surface area contributed by atoms with Crippen molar-refractivity contribution in [2.24, 2.45) is 22.4 Å². The van der Waals surface area contributed by atoms with Gasteiger partial charge in [-0.3, -0.25) is 29.2 Å². The fourth-order valence-corrected chi connectivity index (χ4v) is 9.43. The second kappa shape index (κ2) is 30.5. The van der Waals surface area contributed by atoms with E-state index in [1.165, 1.54) is 97.3 Å². The first-order valence-electron chi connectivity index (χ1n) is 25.0. The number of nitrogens with zero attached hydrogens (tertiary/aromatic N) is 7. The summed E-state index contributed by atoms with van der Waals surface area (Å²) < 4.78 is 71.7. The molecule has 0 aliphatic heterocycles. The van der Waals surface area contributed by atoms with Crippen LogP contribution in [0.5, 0.6) is 28.7 Å². The minimum Gasteiger partial charge on any atom is -0.493 e. The molecule has 0 aliphatic carbocycles. The number of hydrazone groups is 3. The molecule has 0 radical (unpaired) electrons. The highest BCUT2D eigenvalue weighted by molar-refractivity contribution is 7.87. The van der Waals surface area contributed by atoms with Crippen LogP contribution in [0.2, 0.25) is 10.0 Å². The molecule has 27 heteroatoms. The summed E-state index contributed by atoms with van der Waals surface area (Å²) in [5.41, 5.74) is 9.74. The van der Waals surface area contributed by atoms with Gasteiger partial charge < -0.3 is 17.8 Å². The zero-order valence-corrected chi connectivity index (χ0v) is 48.5. The Kier molecular flexibility index (Phi) is 22.3. The number of carbonyl (C=O) groups is 3. The Labute approximate surface area is 507 Å². The van der Waals surface area contributed by atoms with Crippen LogP contribution in [0.25, 0.3) is 0 Å². The minimum atomic E-state index is -3.99. The molecule has 0 fully saturated rings. The zero-order chi connectivity index (χ0) is 62.3. The molecule has 23 nitrogen and oxygen atoms in total. The summed E-state index contributed by atoms with van der Waals surface area (Å²) in [5, 5.41) is 36.3. The molecule has 0 saturated heterocycles. The molecule has 87 heavy (non-hydrogen) atoms. The average Bonchev–Trinajstić information content (AvgIpc) is 3.96. The lowest BCUT2D eigenvalue weighted by Gasteiger charge is -2.11. The topological polar surface area (TPSA) is 314 Å². The highest BCUT2D eigenvalue weighted by atomic mass is 35.5. The van der Waals surface area contributed by atoms with Crippen LogP contribution in [0, 0.1) is 21.4 Å². The van der Waals surface area contributed by atoms with Crippen molar-refractivity contribution in [1.29, 1.82) is 5.26 Å². The van der Waals surface area contributed by atoms with E-state index < -0.39 is 37.0 Å². The number of rotatable bonds is 19. The van der Waals surface area contributed by atoms with Gasteiger partial charge in [-0.2, -0.15) is 42.5 Å². The number of hydrogen-bond acceptors (Lipinski definition) is 18. The van der Waals surface area contributed by atoms with Gasteiger partial charge in [0.05, 0.1) is 35.7 Å². The van der Waals surface area contributed by atoms with Crippen molar-refractivity contribution in [3.63, 3.8) is 0 Å². The summed E-state index contributed by atoms with van der Waals surface area (Å²) in [6, 6.07) is 53.9. The standard InChI is InChI=1S/C21H13ClN4O4.C21H18N2O5S.C18H15ClN4O4S/c22-17-5-2-4-15(10-17)21(27)25-24-13-14-3-1-6-19(9-14)30-20-8-7-18(26(28)29)11-16(20)12-23;1-27-20-14-16(15-22-23-21(24)17-8-4-2-5-9-17)12-13-19(20)28-29(25,26)18-10-6-3-7-11-18;1-23-12-16(19)17(22-23)18(24)21-20-11-13-7-9-14(10-8-13)27-28(25,26)15-5-3-2-4-6-15/h1-11,13H,(H,25,27);2-15H,1H3,(H,23,24);2-12H,1H3,(H,21,24)/b24-13+;22-15+;20-11+. The Bertz CT molecular complexity index is 4290. The summed E-state index contributed by atoms with van der Waals surface area (Å²) in [6.45, 7) is 0. The summed E-state index contributed by atoms with van der Waals surface area (Å²) in [6.07, 6.45) is 5.74. The number of nitro groups is 1. The van der Waals surface area contributed by atoms with Gasteiger partial charge in [0.15, 0.2) is 17.2 Å². The molecule has 1 aromatic heterocycles. The molecule has 9 aromatic rings. The second-order valence-electron chi connectivity index (χ2n) is 17.4. The van der Waals surface area contributed by atoms with E-state index in [-0.39, 0.29) is 60.7 Å². The van der Waals surface area contributed by atoms with E-state index in [9.17, 15) is 46.6 Å². The smallest absolute Gasteiger partial charge is 0.339 e. The van der Waals surface area contributed by atoms with Crippen LogP contribution >= 0.6 is 23.2 Å². The van der Waals surface area contributed by atoms with Crippen LogP contribution in [-0.2, 0) is 27.3 Å². The van der Waals surface area contributed by atoms with Crippen molar-refractivity contribution >= 4 is 85.5 Å². The Balaban J connectivity index is 0.000000187. The van der Waals surface area contributed by atoms with Crippen molar-refractivity contribution in [1.82, 2.24) is 26.1 Å². The third-order valence-electron chi connectivity index (χ3n) is 11.2. The van der Waals surface area contributed by atoms with Crippen LogP contribution in [-0.4, -0.2) is 75.0 Å². The van der Waals surface area contributed by atoms with Gasteiger partial charge in [0, 0.05) is 41.5 Å². The molecule has 0 saturated carbocycles. The van der Waals surface area contributed by atoms with Gasteiger partial charge in [0.25, 0.3) is 23.4 Å². The number of methoxy groups -OCH3 is 1. The minimum absolute atomic E-state index is 0.0383. The summed E-state index contributed by atoms with van der Waals surface area (Å²) in [7, 11) is -4.84. The molecule has 0 bridgehead atoms. The number of aryl methyl sites for hydroxylation is 1. The summed E-state index contributed by atoms with van der Waals surface area (Å²) in [4.78, 5) is 46.3. The van der Waals surface area contributed by atoms with E-state index in [4.69, 9.17) is 41.0 Å². The van der Waals surface area contributed by atoms with Crippen molar-refractivity contribution in [2.75, 3.05) is 7.11 Å². The fraction of sp³-hybridized carbons (Fsp3) is 0.0333. The van der Waals surface area contributed by atoms with Gasteiger partial charge in [-0.15, -0.1) is 0 Å². The molecule has 1 heterocycles. The van der Waals surface area contributed by atoms with Crippen molar-refractivity contribution < 1.29 is 54.0 Å². The molecule has 3 amide bonds. The summed E-state index contributed by atoms with van der Waals surface area (Å²) in [5.74, 6) is -0.309. The number of halogens is 2. The van der Waals surface area contributed by atoms with Gasteiger partial charge >= 0.3 is 20.2 Å². The lowest BCUT2D eigenvalue weighted by Crippen LogP contribution is -2.18. The number of non-ortho nitro benzene ring substituents is 1. The van der Waals surface area contributed by atoms with Crippen molar-refractivity contribution in [3.8, 4) is 34.8 Å². The number of nitrogens with one attached hydrogen (secondary N) is 3. The second-order valence-corrected chi connectivity index (χ2v) is 21.3. The number of benzene rings is 8. The predicted octanol–water partition coefficient (Wildman–Crippen LogP) is 10.5. The first kappa shape index (κ1) is 63.5. The molecule has 8 aromatic carbocycles. The van der Waals surface area contributed by atoms with Gasteiger partial charge in [-0.05, 0) is 132 Å². The molecular weight excluding hydrogens is 1200 g/mol. The molecule has 0 aliphatic rings. The highest BCUT2D eigenvalue weighted by Gasteiger charge is 2.20. The van der Waals surface area contributed by atoms with Gasteiger partial charge in [-0.1, -0.05) is 96.0 Å². The molecule has 440 valence electrons. The zero-order valence-electron chi connectivity index (χ0n) is 45.4. The van der Waals surface area contributed by atoms with Gasteiger partial charge in [0.1, 0.15) is 38.7 Å². The lowest BCUT2D eigenvalue weighted by molar-refractivity contribution is -0.384. The Hall–Kier alpha value is -11.0. The monoisotopic (exact) mass is 1250 g/mol. The largest absolute Gasteiger partial charge is 0.493 e. The average molecular weight is 1250 g/mol. The number of ether oxygens (including phenoxy) is 2. The summed E-state index contributed by atoms with van der Waals surface area (Å²) >= 11 is 11.8. The van der Waals surface area contributed by atoms with Crippen molar-refractivity contribution in [3.05, 3.63) is 266 Å². The molecule has 0 unspecified atom stereocenters. The quantitative estimate of drug-likeness (QED) is 0.0293. The number of nitro benzene ring substituents is 1. The van der Waals surface area contributed by atoms with E-state index in [1.807, 2.05) is 12.1 Å². The number of nitriles is 1.